The Kier molecular flexibility index (Phi) is 3.84. The van der Waals surface area contributed by atoms with E-state index in [2.05, 4.69) is 12.6 Å². The molecular formula is C12H14ClNO2S. The van der Waals surface area contributed by atoms with Gasteiger partial charge in [-0.05, 0) is 29.9 Å². The minimum absolute atomic E-state index is 0.130. The summed E-state index contributed by atoms with van der Waals surface area (Å²) in [6.07, 6.45) is 0.563. The third-order valence-corrected chi connectivity index (χ3v) is 3.72. The summed E-state index contributed by atoms with van der Waals surface area (Å²) in [5, 5.41) is 0.520. The van der Waals surface area contributed by atoms with Crippen molar-refractivity contribution in [3.05, 3.63) is 23.2 Å². The molecule has 0 spiro atoms. The first kappa shape index (κ1) is 12.6. The number of anilines is 1. The van der Waals surface area contributed by atoms with Crippen molar-refractivity contribution in [2.45, 2.75) is 6.42 Å². The molecule has 1 fully saturated rings. The van der Waals surface area contributed by atoms with Crippen molar-refractivity contribution in [2.24, 2.45) is 5.92 Å². The highest BCUT2D eigenvalue weighted by Gasteiger charge is 2.29. The van der Waals surface area contributed by atoms with Crippen molar-refractivity contribution < 1.29 is 9.53 Å². The monoisotopic (exact) mass is 271 g/mol. The van der Waals surface area contributed by atoms with E-state index in [-0.39, 0.29) is 5.91 Å². The molecule has 1 atom stereocenters. The number of carbonyl (C=O) groups excluding carboxylic acids is 1. The van der Waals surface area contributed by atoms with Crippen molar-refractivity contribution in [1.82, 2.24) is 0 Å². The average Bonchev–Trinajstić information content (AvgIpc) is 2.70. The van der Waals surface area contributed by atoms with Crippen LogP contribution < -0.4 is 9.64 Å². The molecule has 0 radical (unpaired) electrons. The molecule has 0 aromatic heterocycles. The molecule has 1 aliphatic heterocycles. The van der Waals surface area contributed by atoms with Crippen LogP contribution in [0.15, 0.2) is 18.2 Å². The van der Waals surface area contributed by atoms with Gasteiger partial charge in [-0.3, -0.25) is 4.79 Å². The fourth-order valence-electron chi connectivity index (χ4n) is 1.98. The van der Waals surface area contributed by atoms with Gasteiger partial charge in [0.05, 0.1) is 12.1 Å². The van der Waals surface area contributed by atoms with Crippen LogP contribution in [0.3, 0.4) is 0 Å². The predicted molar refractivity (Wildman–Crippen MR) is 72.3 cm³/mol. The van der Waals surface area contributed by atoms with Gasteiger partial charge < -0.3 is 9.64 Å². The highest BCUT2D eigenvalue weighted by molar-refractivity contribution is 7.80. The van der Waals surface area contributed by atoms with Crippen LogP contribution in [-0.4, -0.2) is 25.3 Å². The number of hydrogen-bond acceptors (Lipinski definition) is 3. The number of benzene rings is 1. The van der Waals surface area contributed by atoms with Crippen LogP contribution in [0.5, 0.6) is 5.75 Å². The first-order valence-corrected chi connectivity index (χ1v) is 6.41. The van der Waals surface area contributed by atoms with E-state index in [1.54, 1.807) is 24.1 Å². The van der Waals surface area contributed by atoms with Gasteiger partial charge in [-0.25, -0.2) is 0 Å². The molecule has 0 aliphatic carbocycles. The smallest absolute Gasteiger partial charge is 0.227 e. The number of halogens is 1. The van der Waals surface area contributed by atoms with E-state index >= 15 is 0 Å². The maximum Gasteiger partial charge on any atom is 0.227 e. The minimum atomic E-state index is 0.130. The maximum absolute atomic E-state index is 11.8. The van der Waals surface area contributed by atoms with Gasteiger partial charge >= 0.3 is 0 Å². The number of thiol groups is 1. The Morgan fingerprint density at radius 3 is 2.88 bits per heavy atom. The lowest BCUT2D eigenvalue weighted by Gasteiger charge is -2.17. The summed E-state index contributed by atoms with van der Waals surface area (Å²) in [6.45, 7) is 0.713. The summed E-state index contributed by atoms with van der Waals surface area (Å²) in [5.74, 6) is 1.80. The van der Waals surface area contributed by atoms with Crippen molar-refractivity contribution in [3.8, 4) is 5.75 Å². The second kappa shape index (κ2) is 5.19. The largest absolute Gasteiger partial charge is 0.495 e. The summed E-state index contributed by atoms with van der Waals surface area (Å²) < 4.78 is 5.08. The summed E-state index contributed by atoms with van der Waals surface area (Å²) >= 11 is 10.3. The Labute approximate surface area is 111 Å². The topological polar surface area (TPSA) is 29.5 Å². The number of amides is 1. The van der Waals surface area contributed by atoms with Gasteiger partial charge in [0.25, 0.3) is 0 Å². The molecule has 1 aromatic rings. The van der Waals surface area contributed by atoms with E-state index in [9.17, 15) is 4.79 Å². The van der Waals surface area contributed by atoms with Crippen molar-refractivity contribution in [3.63, 3.8) is 0 Å². The normalized spacial score (nSPS) is 19.8. The van der Waals surface area contributed by atoms with Crippen molar-refractivity contribution in [1.29, 1.82) is 0 Å². The summed E-state index contributed by atoms with van der Waals surface area (Å²) in [6, 6.07) is 5.39. The molecule has 0 saturated carbocycles. The zero-order chi connectivity index (χ0) is 12.4. The molecule has 3 nitrogen and oxygen atoms in total. The summed E-state index contributed by atoms with van der Waals surface area (Å²) in [7, 11) is 1.57. The number of carbonyl (C=O) groups is 1. The molecule has 0 bridgehead atoms. The van der Waals surface area contributed by atoms with E-state index in [0.29, 0.717) is 29.7 Å². The minimum Gasteiger partial charge on any atom is -0.495 e. The molecule has 1 aromatic carbocycles. The fraction of sp³-hybridized carbons (Fsp3) is 0.417. The molecule has 1 saturated heterocycles. The van der Waals surface area contributed by atoms with Crippen LogP contribution in [0.1, 0.15) is 6.42 Å². The van der Waals surface area contributed by atoms with Crippen molar-refractivity contribution >= 4 is 35.8 Å². The lowest BCUT2D eigenvalue weighted by atomic mass is 10.1. The lowest BCUT2D eigenvalue weighted by molar-refractivity contribution is -0.117. The van der Waals surface area contributed by atoms with Gasteiger partial charge in [-0.15, -0.1) is 0 Å². The Bertz CT molecular complexity index is 439. The van der Waals surface area contributed by atoms with Gasteiger partial charge in [0.15, 0.2) is 0 Å². The first-order valence-electron chi connectivity index (χ1n) is 5.40. The number of methoxy groups -OCH3 is 1. The molecule has 1 unspecified atom stereocenters. The Morgan fingerprint density at radius 2 is 2.35 bits per heavy atom. The second-order valence-electron chi connectivity index (χ2n) is 4.08. The standard InChI is InChI=1S/C12H14ClNO2S/c1-16-11-3-2-9(5-10(11)13)14-6-8(7-17)4-12(14)15/h2-3,5,8,17H,4,6-7H2,1H3. The molecule has 1 amide bonds. The maximum atomic E-state index is 11.8. The van der Waals surface area contributed by atoms with E-state index in [1.807, 2.05) is 6.07 Å². The Hall–Kier alpha value is -0.870. The Morgan fingerprint density at radius 1 is 1.59 bits per heavy atom. The lowest BCUT2D eigenvalue weighted by Crippen LogP contribution is -2.24. The SMILES string of the molecule is COc1ccc(N2CC(CS)CC2=O)cc1Cl. The zero-order valence-corrected chi connectivity index (χ0v) is 11.2. The highest BCUT2D eigenvalue weighted by Crippen LogP contribution is 2.32. The van der Waals surface area contributed by atoms with E-state index in [1.165, 1.54) is 0 Å². The third kappa shape index (κ3) is 2.53. The van der Waals surface area contributed by atoms with Crippen LogP contribution in [0.4, 0.5) is 5.69 Å². The first-order chi connectivity index (χ1) is 8.15. The fourth-order valence-corrected chi connectivity index (χ4v) is 2.47. The molecule has 17 heavy (non-hydrogen) atoms. The van der Waals surface area contributed by atoms with Gasteiger partial charge in [0, 0.05) is 18.7 Å². The molecule has 2 rings (SSSR count). The van der Waals surface area contributed by atoms with Gasteiger partial charge in [0.1, 0.15) is 5.75 Å². The number of rotatable bonds is 3. The summed E-state index contributed by atoms with van der Waals surface area (Å²) in [5.41, 5.74) is 0.824. The van der Waals surface area contributed by atoms with E-state index < -0.39 is 0 Å². The number of ether oxygens (including phenoxy) is 1. The molecule has 1 heterocycles. The van der Waals surface area contributed by atoms with Gasteiger partial charge in [-0.1, -0.05) is 11.6 Å². The van der Waals surface area contributed by atoms with Crippen LogP contribution in [0.25, 0.3) is 0 Å². The number of hydrogen-bond donors (Lipinski definition) is 1. The highest BCUT2D eigenvalue weighted by atomic mass is 35.5. The average molecular weight is 272 g/mol. The van der Waals surface area contributed by atoms with Crippen molar-refractivity contribution in [2.75, 3.05) is 24.3 Å². The van der Waals surface area contributed by atoms with Gasteiger partial charge in [0.2, 0.25) is 5.91 Å². The van der Waals surface area contributed by atoms with Crippen LogP contribution in [-0.2, 0) is 4.79 Å². The van der Waals surface area contributed by atoms with Gasteiger partial charge in [-0.2, -0.15) is 12.6 Å². The summed E-state index contributed by atoms with van der Waals surface area (Å²) in [4.78, 5) is 13.6. The number of nitrogens with zero attached hydrogens (tertiary/aromatic N) is 1. The second-order valence-corrected chi connectivity index (χ2v) is 4.85. The van der Waals surface area contributed by atoms with E-state index in [0.717, 1.165) is 11.4 Å². The molecule has 5 heteroatoms. The third-order valence-electron chi connectivity index (χ3n) is 2.91. The molecule has 1 aliphatic rings. The van der Waals surface area contributed by atoms with Crippen LogP contribution in [0.2, 0.25) is 5.02 Å². The quantitative estimate of drug-likeness (QED) is 0.857. The molecule has 92 valence electrons. The van der Waals surface area contributed by atoms with Crippen LogP contribution >= 0.6 is 24.2 Å². The van der Waals surface area contributed by atoms with Crippen LogP contribution in [0, 0.1) is 5.92 Å². The van der Waals surface area contributed by atoms with E-state index in [4.69, 9.17) is 16.3 Å². The molecule has 0 N–H and O–H groups in total. The molecular weight excluding hydrogens is 258 g/mol. The predicted octanol–water partition coefficient (Wildman–Crippen LogP) is 2.63. The zero-order valence-electron chi connectivity index (χ0n) is 9.52. The Balaban J connectivity index is 2.23.